The summed E-state index contributed by atoms with van der Waals surface area (Å²) in [5.74, 6) is -0.00650. The quantitative estimate of drug-likeness (QED) is 0.850. The number of carbonyl (C=O) groups is 1. The van der Waals surface area contributed by atoms with Crippen molar-refractivity contribution in [1.29, 1.82) is 5.26 Å². The zero-order chi connectivity index (χ0) is 18.0. The van der Waals surface area contributed by atoms with E-state index in [4.69, 9.17) is 5.26 Å². The van der Waals surface area contributed by atoms with Gasteiger partial charge in [0.15, 0.2) is 0 Å². The molecule has 3 rings (SSSR count). The number of carbonyl (C=O) groups excluding carboxylic acids is 1. The summed E-state index contributed by atoms with van der Waals surface area (Å²) in [5.41, 5.74) is 4.39. The Labute approximate surface area is 149 Å². The zero-order valence-corrected chi connectivity index (χ0v) is 15.0. The van der Waals surface area contributed by atoms with E-state index in [0.29, 0.717) is 23.7 Å². The normalized spacial score (nSPS) is 12.8. The molecule has 0 spiro atoms. The first-order valence-electron chi connectivity index (χ1n) is 8.76. The largest absolute Gasteiger partial charge is 0.369 e. The molecule has 0 N–H and O–H groups in total. The van der Waals surface area contributed by atoms with Crippen molar-refractivity contribution in [2.24, 2.45) is 0 Å². The van der Waals surface area contributed by atoms with Gasteiger partial charge in [0.1, 0.15) is 0 Å². The van der Waals surface area contributed by atoms with Gasteiger partial charge in [0, 0.05) is 36.1 Å². The molecule has 25 heavy (non-hydrogen) atoms. The van der Waals surface area contributed by atoms with Gasteiger partial charge in [-0.3, -0.25) is 4.79 Å². The number of nitriles is 1. The second-order valence-electron chi connectivity index (χ2n) is 6.59. The summed E-state index contributed by atoms with van der Waals surface area (Å²) in [4.78, 5) is 17.0. The van der Waals surface area contributed by atoms with Crippen LogP contribution in [-0.2, 0) is 6.42 Å². The highest BCUT2D eigenvalue weighted by atomic mass is 16.2. The molecule has 0 atom stereocenters. The Morgan fingerprint density at radius 3 is 2.56 bits per heavy atom. The van der Waals surface area contributed by atoms with Gasteiger partial charge in [-0.15, -0.1) is 0 Å². The minimum Gasteiger partial charge on any atom is -0.369 e. The van der Waals surface area contributed by atoms with E-state index in [9.17, 15) is 4.79 Å². The molecule has 4 heteroatoms. The van der Waals surface area contributed by atoms with Gasteiger partial charge in [-0.1, -0.05) is 6.07 Å². The van der Waals surface area contributed by atoms with Crippen LogP contribution in [0, 0.1) is 11.3 Å². The van der Waals surface area contributed by atoms with Crippen LogP contribution in [0.25, 0.3) is 0 Å². The maximum atomic E-state index is 12.9. The summed E-state index contributed by atoms with van der Waals surface area (Å²) in [7, 11) is 0. The monoisotopic (exact) mass is 333 g/mol. The molecule has 0 aromatic heterocycles. The van der Waals surface area contributed by atoms with Crippen LogP contribution in [0.5, 0.6) is 0 Å². The van der Waals surface area contributed by atoms with Gasteiger partial charge in [-0.05, 0) is 69.2 Å². The highest BCUT2D eigenvalue weighted by molar-refractivity contribution is 6.07. The highest BCUT2D eigenvalue weighted by Crippen LogP contribution is 2.30. The third-order valence-corrected chi connectivity index (χ3v) is 4.77. The summed E-state index contributed by atoms with van der Waals surface area (Å²) in [6.45, 7) is 8.05. The molecule has 1 aliphatic heterocycles. The average Bonchev–Trinajstić information content (AvgIpc) is 3.05. The summed E-state index contributed by atoms with van der Waals surface area (Å²) in [5, 5.41) is 9.10. The van der Waals surface area contributed by atoms with Crippen LogP contribution < -0.4 is 9.80 Å². The molecule has 2 aromatic carbocycles. The average molecular weight is 333 g/mol. The van der Waals surface area contributed by atoms with Gasteiger partial charge in [-0.25, -0.2) is 0 Å². The molecule has 4 nitrogen and oxygen atoms in total. The Bertz CT molecular complexity index is 818. The maximum Gasteiger partial charge on any atom is 0.258 e. The Hall–Kier alpha value is -2.80. The number of fused-ring (bicyclic) bond motifs is 1. The molecular formula is C21H23N3O. The Kier molecular flexibility index (Phi) is 4.76. The molecule has 0 aliphatic carbocycles. The van der Waals surface area contributed by atoms with Gasteiger partial charge in [0.2, 0.25) is 0 Å². The van der Waals surface area contributed by atoms with Crippen molar-refractivity contribution in [2.45, 2.75) is 33.2 Å². The lowest BCUT2D eigenvalue weighted by molar-refractivity contribution is 0.0989. The minimum absolute atomic E-state index is 0.00650. The molecule has 1 heterocycles. The summed E-state index contributed by atoms with van der Waals surface area (Å²) in [6, 6.07) is 16.0. The molecule has 1 aliphatic rings. The number of nitrogens with zero attached hydrogens (tertiary/aromatic N) is 3. The van der Waals surface area contributed by atoms with E-state index < -0.39 is 0 Å². The van der Waals surface area contributed by atoms with Crippen molar-refractivity contribution in [3.05, 3.63) is 59.2 Å². The molecule has 0 unspecified atom stereocenters. The lowest BCUT2D eigenvalue weighted by atomic mass is 10.1. The third kappa shape index (κ3) is 3.23. The molecular weight excluding hydrogens is 310 g/mol. The molecule has 128 valence electrons. The van der Waals surface area contributed by atoms with E-state index in [1.165, 1.54) is 0 Å². The van der Waals surface area contributed by atoms with Crippen LogP contribution in [0.4, 0.5) is 11.4 Å². The standard InChI is InChI=1S/C21H23N3O/c1-4-23(15(2)3)19-9-7-18(8-10-19)21(25)24-12-11-17-6-5-16(14-22)13-20(17)24/h5-10,13,15H,4,11-12H2,1-3H3. The van der Waals surface area contributed by atoms with Crippen molar-refractivity contribution in [3.63, 3.8) is 0 Å². The fourth-order valence-corrected chi connectivity index (χ4v) is 3.46. The van der Waals surface area contributed by atoms with E-state index in [-0.39, 0.29) is 5.91 Å². The SMILES string of the molecule is CCN(c1ccc(C(=O)N2CCc3ccc(C#N)cc32)cc1)C(C)C. The lowest BCUT2D eigenvalue weighted by Crippen LogP contribution is -2.31. The Morgan fingerprint density at radius 2 is 1.96 bits per heavy atom. The van der Waals surface area contributed by atoms with Crippen molar-refractivity contribution in [3.8, 4) is 6.07 Å². The van der Waals surface area contributed by atoms with Crippen LogP contribution in [-0.4, -0.2) is 25.0 Å². The fourth-order valence-electron chi connectivity index (χ4n) is 3.46. The van der Waals surface area contributed by atoms with Crippen LogP contribution in [0.15, 0.2) is 42.5 Å². The van der Waals surface area contributed by atoms with Crippen molar-refractivity contribution >= 4 is 17.3 Å². The zero-order valence-electron chi connectivity index (χ0n) is 15.0. The maximum absolute atomic E-state index is 12.9. The van der Waals surface area contributed by atoms with Crippen molar-refractivity contribution in [1.82, 2.24) is 0 Å². The number of benzene rings is 2. The molecule has 2 aromatic rings. The predicted octanol–water partition coefficient (Wildman–Crippen LogP) is 4.00. The molecule has 0 saturated carbocycles. The van der Waals surface area contributed by atoms with E-state index >= 15 is 0 Å². The van der Waals surface area contributed by atoms with E-state index in [1.807, 2.05) is 42.5 Å². The third-order valence-electron chi connectivity index (χ3n) is 4.77. The Balaban J connectivity index is 1.85. The van der Waals surface area contributed by atoms with Gasteiger partial charge >= 0.3 is 0 Å². The smallest absolute Gasteiger partial charge is 0.258 e. The first-order chi connectivity index (χ1) is 12.0. The molecule has 0 radical (unpaired) electrons. The van der Waals surface area contributed by atoms with Crippen LogP contribution in [0.1, 0.15) is 42.3 Å². The van der Waals surface area contributed by atoms with E-state index in [0.717, 1.165) is 29.9 Å². The summed E-state index contributed by atoms with van der Waals surface area (Å²) in [6.07, 6.45) is 0.835. The fraction of sp³-hybridized carbons (Fsp3) is 0.333. The number of anilines is 2. The highest BCUT2D eigenvalue weighted by Gasteiger charge is 2.26. The molecule has 0 saturated heterocycles. The van der Waals surface area contributed by atoms with E-state index in [2.05, 4.69) is 31.7 Å². The second-order valence-corrected chi connectivity index (χ2v) is 6.59. The van der Waals surface area contributed by atoms with Gasteiger partial charge < -0.3 is 9.80 Å². The molecule has 0 fully saturated rings. The van der Waals surface area contributed by atoms with Crippen molar-refractivity contribution < 1.29 is 4.79 Å². The summed E-state index contributed by atoms with van der Waals surface area (Å²) < 4.78 is 0. The van der Waals surface area contributed by atoms with E-state index in [1.54, 1.807) is 4.90 Å². The topological polar surface area (TPSA) is 47.3 Å². The summed E-state index contributed by atoms with van der Waals surface area (Å²) >= 11 is 0. The van der Waals surface area contributed by atoms with Crippen LogP contribution >= 0.6 is 0 Å². The first kappa shape index (κ1) is 17.0. The van der Waals surface area contributed by atoms with Gasteiger partial charge in [-0.2, -0.15) is 5.26 Å². The Morgan fingerprint density at radius 1 is 1.24 bits per heavy atom. The number of hydrogen-bond donors (Lipinski definition) is 0. The molecule has 0 bridgehead atoms. The van der Waals surface area contributed by atoms with Gasteiger partial charge in [0.25, 0.3) is 5.91 Å². The predicted molar refractivity (Wildman–Crippen MR) is 101 cm³/mol. The van der Waals surface area contributed by atoms with Crippen molar-refractivity contribution in [2.75, 3.05) is 22.9 Å². The minimum atomic E-state index is -0.00650. The number of rotatable bonds is 4. The first-order valence-corrected chi connectivity index (χ1v) is 8.76. The molecule has 1 amide bonds. The number of hydrogen-bond acceptors (Lipinski definition) is 3. The van der Waals surface area contributed by atoms with Crippen LogP contribution in [0.2, 0.25) is 0 Å². The second kappa shape index (κ2) is 6.98. The van der Waals surface area contributed by atoms with Gasteiger partial charge in [0.05, 0.1) is 11.6 Å². The number of amides is 1. The lowest BCUT2D eigenvalue weighted by Gasteiger charge is -2.27. The van der Waals surface area contributed by atoms with Crippen LogP contribution in [0.3, 0.4) is 0 Å².